The van der Waals surface area contributed by atoms with Gasteiger partial charge in [0.25, 0.3) is 0 Å². The van der Waals surface area contributed by atoms with Crippen LogP contribution in [-0.4, -0.2) is 26.0 Å². The van der Waals surface area contributed by atoms with Gasteiger partial charge in [-0.25, -0.2) is 9.97 Å². The van der Waals surface area contributed by atoms with E-state index < -0.39 is 0 Å². The van der Waals surface area contributed by atoms with Crippen molar-refractivity contribution in [3.8, 4) is 0 Å². The largest absolute Gasteiger partial charge is 0.360 e. The second-order valence-electron chi connectivity index (χ2n) is 5.57. The second kappa shape index (κ2) is 6.09. The Balaban J connectivity index is 1.66. The maximum Gasteiger partial charge on any atom is 0.178 e. The van der Waals surface area contributed by atoms with Crippen LogP contribution in [0.1, 0.15) is 17.3 Å². The van der Waals surface area contributed by atoms with Crippen molar-refractivity contribution in [1.29, 1.82) is 0 Å². The molecule has 2 aromatic carbocycles. The van der Waals surface area contributed by atoms with Crippen LogP contribution >= 0.6 is 11.8 Å². The molecule has 0 amide bonds. The number of carbonyl (C=O) groups is 1. The molecular weight excluding hydrogens is 318 g/mol. The first-order chi connectivity index (χ1) is 11.7. The summed E-state index contributed by atoms with van der Waals surface area (Å²) in [5.41, 5.74) is 2.59. The lowest BCUT2D eigenvalue weighted by Gasteiger charge is -2.10. The van der Waals surface area contributed by atoms with Gasteiger partial charge in [0.1, 0.15) is 11.4 Å². The molecule has 118 valence electrons. The van der Waals surface area contributed by atoms with Crippen LogP contribution in [0.15, 0.2) is 66.1 Å². The van der Waals surface area contributed by atoms with Gasteiger partial charge in [0.2, 0.25) is 0 Å². The first-order valence-corrected chi connectivity index (χ1v) is 8.59. The molecule has 0 aliphatic carbocycles. The van der Waals surface area contributed by atoms with Crippen LogP contribution in [-0.2, 0) is 0 Å². The number of nitrogens with one attached hydrogen (secondary N) is 1. The number of benzene rings is 2. The van der Waals surface area contributed by atoms with E-state index in [1.165, 1.54) is 11.8 Å². The highest BCUT2D eigenvalue weighted by molar-refractivity contribution is 8.00. The minimum Gasteiger partial charge on any atom is -0.360 e. The standard InChI is InChI=1S/C19H15N3OS/c1-12(18(23)15-10-20-16-8-4-2-6-13(15)16)24-19-14-7-3-5-9-17(14)21-11-22-19/h2-12,20H,1H3/t12-/m1/s1. The molecule has 4 nitrogen and oxygen atoms in total. The Bertz CT molecular complexity index is 1040. The number of aromatic amines is 1. The molecule has 24 heavy (non-hydrogen) atoms. The third kappa shape index (κ3) is 2.57. The van der Waals surface area contributed by atoms with Crippen LogP contribution in [0.25, 0.3) is 21.8 Å². The molecular formula is C19H15N3OS. The van der Waals surface area contributed by atoms with E-state index in [9.17, 15) is 4.79 Å². The number of hydrogen-bond donors (Lipinski definition) is 1. The summed E-state index contributed by atoms with van der Waals surface area (Å²) in [6.45, 7) is 1.92. The molecule has 0 saturated carbocycles. The Kier molecular flexibility index (Phi) is 3.78. The van der Waals surface area contributed by atoms with Gasteiger partial charge in [-0.15, -0.1) is 0 Å². The highest BCUT2D eigenvalue weighted by Crippen LogP contribution is 2.30. The molecule has 0 aliphatic heterocycles. The maximum atomic E-state index is 12.9. The van der Waals surface area contributed by atoms with Gasteiger partial charge in [0.05, 0.1) is 10.8 Å². The minimum atomic E-state index is -0.234. The van der Waals surface area contributed by atoms with Crippen molar-refractivity contribution in [3.05, 3.63) is 66.6 Å². The molecule has 1 N–H and O–H groups in total. The van der Waals surface area contributed by atoms with E-state index in [4.69, 9.17) is 0 Å². The normalized spacial score (nSPS) is 12.5. The lowest BCUT2D eigenvalue weighted by Crippen LogP contribution is -2.13. The fourth-order valence-electron chi connectivity index (χ4n) is 2.79. The molecule has 0 spiro atoms. The average molecular weight is 333 g/mol. The SMILES string of the molecule is C[C@@H](Sc1ncnc2ccccc12)C(=O)c1c[nH]c2ccccc12. The monoisotopic (exact) mass is 333 g/mol. The van der Waals surface area contributed by atoms with Crippen molar-refractivity contribution in [2.45, 2.75) is 17.2 Å². The topological polar surface area (TPSA) is 58.6 Å². The van der Waals surface area contributed by atoms with Crippen LogP contribution in [0, 0.1) is 0 Å². The molecule has 0 saturated heterocycles. The summed E-state index contributed by atoms with van der Waals surface area (Å²) in [7, 11) is 0. The van der Waals surface area contributed by atoms with Crippen molar-refractivity contribution in [1.82, 2.24) is 15.0 Å². The van der Waals surface area contributed by atoms with E-state index in [-0.39, 0.29) is 11.0 Å². The van der Waals surface area contributed by atoms with Gasteiger partial charge in [-0.3, -0.25) is 4.79 Å². The Hall–Kier alpha value is -2.66. The first kappa shape index (κ1) is 14.9. The molecule has 0 bridgehead atoms. The number of thioether (sulfide) groups is 1. The summed E-state index contributed by atoms with van der Waals surface area (Å²) < 4.78 is 0. The molecule has 0 radical (unpaired) electrons. The van der Waals surface area contributed by atoms with Gasteiger partial charge in [-0.2, -0.15) is 0 Å². The molecule has 4 rings (SSSR count). The zero-order chi connectivity index (χ0) is 16.5. The minimum absolute atomic E-state index is 0.0974. The van der Waals surface area contributed by atoms with E-state index in [0.29, 0.717) is 0 Å². The summed E-state index contributed by atoms with van der Waals surface area (Å²) in [5.74, 6) is 0.0974. The summed E-state index contributed by atoms with van der Waals surface area (Å²) in [4.78, 5) is 24.7. The van der Waals surface area contributed by atoms with Crippen molar-refractivity contribution < 1.29 is 4.79 Å². The third-order valence-corrected chi connectivity index (χ3v) is 5.13. The first-order valence-electron chi connectivity index (χ1n) is 7.71. The molecule has 5 heteroatoms. The number of Topliss-reactive ketones (excluding diaryl/α,β-unsaturated/α-hetero) is 1. The number of rotatable bonds is 4. The van der Waals surface area contributed by atoms with Crippen LogP contribution in [0.2, 0.25) is 0 Å². The summed E-state index contributed by atoms with van der Waals surface area (Å²) in [6, 6.07) is 15.7. The number of para-hydroxylation sites is 2. The summed E-state index contributed by atoms with van der Waals surface area (Å²) in [5, 5.41) is 2.54. The van der Waals surface area contributed by atoms with Gasteiger partial charge in [0, 0.05) is 28.0 Å². The molecule has 2 aromatic heterocycles. The maximum absolute atomic E-state index is 12.9. The Labute approximate surface area is 143 Å². The average Bonchev–Trinajstić information content (AvgIpc) is 3.05. The Morgan fingerprint density at radius 2 is 1.79 bits per heavy atom. The number of ketones is 1. The Morgan fingerprint density at radius 1 is 1.04 bits per heavy atom. The molecule has 0 fully saturated rings. The smallest absolute Gasteiger partial charge is 0.178 e. The lowest BCUT2D eigenvalue weighted by molar-refractivity contribution is 0.0995. The summed E-state index contributed by atoms with van der Waals surface area (Å²) >= 11 is 1.47. The third-order valence-electron chi connectivity index (χ3n) is 4.02. The number of fused-ring (bicyclic) bond motifs is 2. The fourth-order valence-corrected chi connectivity index (χ4v) is 3.77. The number of nitrogens with zero attached hydrogens (tertiary/aromatic N) is 2. The second-order valence-corrected chi connectivity index (χ2v) is 6.90. The van der Waals surface area contributed by atoms with E-state index in [2.05, 4.69) is 15.0 Å². The number of carbonyl (C=O) groups excluding carboxylic acids is 1. The lowest BCUT2D eigenvalue weighted by atomic mass is 10.1. The van der Waals surface area contributed by atoms with Gasteiger partial charge < -0.3 is 4.98 Å². The number of H-pyrrole nitrogens is 1. The molecule has 1 atom stereocenters. The predicted molar refractivity (Wildman–Crippen MR) is 97.5 cm³/mol. The van der Waals surface area contributed by atoms with E-state index in [0.717, 1.165) is 32.4 Å². The van der Waals surface area contributed by atoms with Gasteiger partial charge >= 0.3 is 0 Å². The number of aromatic nitrogens is 3. The van der Waals surface area contributed by atoms with Crippen molar-refractivity contribution >= 4 is 39.4 Å². The zero-order valence-corrected chi connectivity index (χ0v) is 13.9. The van der Waals surface area contributed by atoms with Crippen LogP contribution in [0.3, 0.4) is 0 Å². The Morgan fingerprint density at radius 3 is 2.67 bits per heavy atom. The van der Waals surface area contributed by atoms with Crippen LogP contribution < -0.4 is 0 Å². The molecule has 2 heterocycles. The van der Waals surface area contributed by atoms with E-state index >= 15 is 0 Å². The molecule has 0 aliphatic rings. The van der Waals surface area contributed by atoms with Crippen molar-refractivity contribution in [2.75, 3.05) is 0 Å². The van der Waals surface area contributed by atoms with E-state index in [1.807, 2.05) is 55.5 Å². The van der Waals surface area contributed by atoms with Crippen LogP contribution in [0.4, 0.5) is 0 Å². The molecule has 0 unspecified atom stereocenters. The van der Waals surface area contributed by atoms with Crippen molar-refractivity contribution in [2.24, 2.45) is 0 Å². The fraction of sp³-hybridized carbons (Fsp3) is 0.105. The predicted octanol–water partition coefficient (Wildman–Crippen LogP) is 4.47. The summed E-state index contributed by atoms with van der Waals surface area (Å²) in [6.07, 6.45) is 3.34. The quantitative estimate of drug-likeness (QED) is 0.340. The van der Waals surface area contributed by atoms with Gasteiger partial charge in [0.15, 0.2) is 5.78 Å². The van der Waals surface area contributed by atoms with Crippen molar-refractivity contribution in [3.63, 3.8) is 0 Å². The van der Waals surface area contributed by atoms with Gasteiger partial charge in [-0.1, -0.05) is 48.2 Å². The van der Waals surface area contributed by atoms with Gasteiger partial charge in [-0.05, 0) is 19.1 Å². The highest BCUT2D eigenvalue weighted by atomic mass is 32.2. The van der Waals surface area contributed by atoms with E-state index in [1.54, 1.807) is 12.5 Å². The molecule has 4 aromatic rings. The highest BCUT2D eigenvalue weighted by Gasteiger charge is 2.21. The van der Waals surface area contributed by atoms with Crippen LogP contribution in [0.5, 0.6) is 0 Å². The zero-order valence-electron chi connectivity index (χ0n) is 13.1. The number of hydrogen-bond acceptors (Lipinski definition) is 4.